The first-order chi connectivity index (χ1) is 9.38. The Bertz CT molecular complexity index is 581. The lowest BCUT2D eigenvalue weighted by molar-refractivity contribution is 0.0690. The zero-order valence-corrected chi connectivity index (χ0v) is 12.2. The maximum absolute atomic E-state index is 12.3. The molecule has 112 valence electrons. The Morgan fingerprint density at radius 2 is 2.25 bits per heavy atom. The van der Waals surface area contributed by atoms with Crippen molar-refractivity contribution in [3.8, 4) is 0 Å². The molecular weight excluding hydrogens is 282 g/mol. The van der Waals surface area contributed by atoms with Gasteiger partial charge in [0.05, 0.1) is 23.7 Å². The van der Waals surface area contributed by atoms with Crippen molar-refractivity contribution in [1.29, 1.82) is 0 Å². The molecule has 2 unspecified atom stereocenters. The molecule has 0 saturated heterocycles. The molecule has 0 amide bonds. The standard InChI is InChI=1S/C12H19N3O4S/c1-9-3-2-4-10(7-9)20(18,19)6-5-15-8-11(12(16)17)13-14-15/h8-10H,2-7H2,1H3,(H,16,17). The number of rotatable bonds is 5. The van der Waals surface area contributed by atoms with Crippen LogP contribution in [0.5, 0.6) is 0 Å². The second-order valence-electron chi connectivity index (χ2n) is 5.43. The van der Waals surface area contributed by atoms with E-state index in [0.29, 0.717) is 5.92 Å². The van der Waals surface area contributed by atoms with Gasteiger partial charge in [-0.25, -0.2) is 13.2 Å². The average Bonchev–Trinajstić information content (AvgIpc) is 2.85. The van der Waals surface area contributed by atoms with E-state index in [4.69, 9.17) is 5.11 Å². The molecule has 1 saturated carbocycles. The third-order valence-corrected chi connectivity index (χ3v) is 5.95. The second kappa shape index (κ2) is 5.90. The van der Waals surface area contributed by atoms with Crippen molar-refractivity contribution in [2.45, 2.75) is 44.4 Å². The van der Waals surface area contributed by atoms with Gasteiger partial charge in [-0.15, -0.1) is 5.10 Å². The third kappa shape index (κ3) is 3.56. The molecule has 1 N–H and O–H groups in total. The molecule has 1 aromatic heterocycles. The largest absolute Gasteiger partial charge is 0.476 e. The quantitative estimate of drug-likeness (QED) is 0.869. The van der Waals surface area contributed by atoms with Crippen LogP contribution >= 0.6 is 0 Å². The number of hydrogen-bond donors (Lipinski definition) is 1. The number of hydrogen-bond acceptors (Lipinski definition) is 5. The second-order valence-corrected chi connectivity index (χ2v) is 7.83. The van der Waals surface area contributed by atoms with Crippen LogP contribution in [0.1, 0.15) is 43.1 Å². The zero-order valence-electron chi connectivity index (χ0n) is 11.4. The summed E-state index contributed by atoms with van der Waals surface area (Å²) in [5.74, 6) is -0.735. The van der Waals surface area contributed by atoms with Crippen molar-refractivity contribution < 1.29 is 18.3 Å². The van der Waals surface area contributed by atoms with Crippen LogP contribution in [0.25, 0.3) is 0 Å². The predicted molar refractivity (Wildman–Crippen MR) is 72.2 cm³/mol. The average molecular weight is 301 g/mol. The summed E-state index contributed by atoms with van der Waals surface area (Å²) in [6, 6.07) is 0. The molecule has 0 aromatic carbocycles. The smallest absolute Gasteiger partial charge is 0.358 e. The summed E-state index contributed by atoms with van der Waals surface area (Å²) in [5, 5.41) is 15.5. The summed E-state index contributed by atoms with van der Waals surface area (Å²) in [6.07, 6.45) is 4.75. The van der Waals surface area contributed by atoms with Crippen LogP contribution in [0.4, 0.5) is 0 Å². The maximum Gasteiger partial charge on any atom is 0.358 e. The van der Waals surface area contributed by atoms with Crippen molar-refractivity contribution in [3.63, 3.8) is 0 Å². The number of carbonyl (C=O) groups is 1. The van der Waals surface area contributed by atoms with Crippen LogP contribution in [-0.4, -0.2) is 45.5 Å². The minimum Gasteiger partial charge on any atom is -0.476 e. The van der Waals surface area contributed by atoms with E-state index in [9.17, 15) is 13.2 Å². The van der Waals surface area contributed by atoms with Crippen LogP contribution in [-0.2, 0) is 16.4 Å². The molecule has 8 heteroatoms. The highest BCUT2D eigenvalue weighted by Crippen LogP contribution is 2.28. The summed E-state index contributed by atoms with van der Waals surface area (Å²) in [7, 11) is -3.16. The van der Waals surface area contributed by atoms with Crippen LogP contribution in [0, 0.1) is 5.92 Å². The van der Waals surface area contributed by atoms with Crippen LogP contribution in [0.2, 0.25) is 0 Å². The third-order valence-electron chi connectivity index (χ3n) is 3.76. The highest BCUT2D eigenvalue weighted by atomic mass is 32.2. The maximum atomic E-state index is 12.3. The van der Waals surface area contributed by atoms with Gasteiger partial charge in [0.15, 0.2) is 15.5 Å². The first-order valence-corrected chi connectivity index (χ1v) is 8.45. The van der Waals surface area contributed by atoms with E-state index in [2.05, 4.69) is 17.2 Å². The van der Waals surface area contributed by atoms with E-state index < -0.39 is 15.8 Å². The normalized spacial score (nSPS) is 23.6. The summed E-state index contributed by atoms with van der Waals surface area (Å²) in [5.41, 5.74) is -0.173. The topological polar surface area (TPSA) is 102 Å². The van der Waals surface area contributed by atoms with Gasteiger partial charge >= 0.3 is 5.97 Å². The number of aromatic nitrogens is 3. The Morgan fingerprint density at radius 3 is 2.85 bits per heavy atom. The molecule has 0 spiro atoms. The molecule has 0 bridgehead atoms. The molecule has 0 radical (unpaired) electrons. The van der Waals surface area contributed by atoms with Gasteiger partial charge in [-0.3, -0.25) is 4.68 Å². The fourth-order valence-corrected chi connectivity index (χ4v) is 4.52. The molecular formula is C12H19N3O4S. The van der Waals surface area contributed by atoms with Crippen LogP contribution < -0.4 is 0 Å². The number of nitrogens with zero attached hydrogens (tertiary/aromatic N) is 3. The lowest BCUT2D eigenvalue weighted by Crippen LogP contribution is -2.30. The van der Waals surface area contributed by atoms with E-state index in [-0.39, 0.29) is 23.2 Å². The van der Waals surface area contributed by atoms with Gasteiger partial charge < -0.3 is 5.11 Å². The Hall–Kier alpha value is -1.44. The molecule has 1 aliphatic rings. The zero-order chi connectivity index (χ0) is 14.8. The van der Waals surface area contributed by atoms with E-state index in [1.165, 1.54) is 10.9 Å². The van der Waals surface area contributed by atoms with E-state index in [1.807, 2.05) is 0 Å². The van der Waals surface area contributed by atoms with Gasteiger partial charge in [-0.2, -0.15) is 0 Å². The molecule has 1 aromatic rings. The molecule has 7 nitrogen and oxygen atoms in total. The number of aromatic carboxylic acids is 1. The monoisotopic (exact) mass is 301 g/mol. The fourth-order valence-electron chi connectivity index (χ4n) is 2.60. The molecule has 1 heterocycles. The van der Waals surface area contributed by atoms with Gasteiger partial charge in [0.25, 0.3) is 0 Å². The Balaban J connectivity index is 1.96. The number of aryl methyl sites for hydroxylation is 1. The molecule has 2 rings (SSSR count). The number of sulfone groups is 1. The van der Waals surface area contributed by atoms with Crippen LogP contribution in [0.15, 0.2) is 6.20 Å². The van der Waals surface area contributed by atoms with Crippen molar-refractivity contribution in [2.24, 2.45) is 5.92 Å². The van der Waals surface area contributed by atoms with Gasteiger partial charge in [0, 0.05) is 0 Å². The first kappa shape index (κ1) is 15.0. The summed E-state index contributed by atoms with van der Waals surface area (Å²) in [4.78, 5) is 10.7. The minimum atomic E-state index is -3.16. The number of carboxylic acid groups (broad SMARTS) is 1. The van der Waals surface area contributed by atoms with Crippen LogP contribution in [0.3, 0.4) is 0 Å². The van der Waals surface area contributed by atoms with Crippen molar-refractivity contribution >= 4 is 15.8 Å². The van der Waals surface area contributed by atoms with Gasteiger partial charge in [-0.1, -0.05) is 25.0 Å². The summed E-state index contributed by atoms with van der Waals surface area (Å²) >= 11 is 0. The molecule has 1 fully saturated rings. The predicted octanol–water partition coefficient (Wildman–Crippen LogP) is 0.970. The SMILES string of the molecule is CC1CCCC(S(=O)(=O)CCn2cc(C(=O)O)nn2)C1. The Labute approximate surface area is 117 Å². The van der Waals surface area contributed by atoms with Crippen molar-refractivity contribution in [2.75, 3.05) is 5.75 Å². The van der Waals surface area contributed by atoms with E-state index in [1.54, 1.807) is 0 Å². The van der Waals surface area contributed by atoms with E-state index >= 15 is 0 Å². The van der Waals surface area contributed by atoms with Crippen molar-refractivity contribution in [3.05, 3.63) is 11.9 Å². The first-order valence-electron chi connectivity index (χ1n) is 6.73. The summed E-state index contributed by atoms with van der Waals surface area (Å²) in [6.45, 7) is 2.23. The Kier molecular flexibility index (Phi) is 4.42. The summed E-state index contributed by atoms with van der Waals surface area (Å²) < 4.78 is 25.8. The highest BCUT2D eigenvalue weighted by molar-refractivity contribution is 7.92. The van der Waals surface area contributed by atoms with Crippen molar-refractivity contribution in [1.82, 2.24) is 15.0 Å². The van der Waals surface area contributed by atoms with Gasteiger partial charge in [-0.05, 0) is 18.8 Å². The fraction of sp³-hybridized carbons (Fsp3) is 0.750. The van der Waals surface area contributed by atoms with Gasteiger partial charge in [0.1, 0.15) is 0 Å². The molecule has 2 atom stereocenters. The minimum absolute atomic E-state index is 0.0210. The molecule has 20 heavy (non-hydrogen) atoms. The molecule has 1 aliphatic carbocycles. The van der Waals surface area contributed by atoms with E-state index in [0.717, 1.165) is 25.7 Å². The molecule has 0 aliphatic heterocycles. The highest BCUT2D eigenvalue weighted by Gasteiger charge is 2.29. The lowest BCUT2D eigenvalue weighted by atomic mass is 9.91. The van der Waals surface area contributed by atoms with Gasteiger partial charge in [0.2, 0.25) is 0 Å². The number of carboxylic acids is 1. The Morgan fingerprint density at radius 1 is 1.50 bits per heavy atom. The lowest BCUT2D eigenvalue weighted by Gasteiger charge is -2.26.